The first-order valence-electron chi connectivity index (χ1n) is 12.3. The first-order valence-corrected chi connectivity index (χ1v) is 13.1. The van der Waals surface area contributed by atoms with Crippen LogP contribution in [0.2, 0.25) is 0 Å². The van der Waals surface area contributed by atoms with Crippen molar-refractivity contribution in [3.8, 4) is 23.0 Å². The maximum absolute atomic E-state index is 13.3. The Bertz CT molecular complexity index is 1140. The third-order valence-electron chi connectivity index (χ3n) is 6.74. The standard InChI is InChI=1S/C28H35N3O5S/c1-19(29-28(32)20-17-23(34-3)27(36-5)24(18-20)35-4)26(25-7-6-16-37-25)31-14-12-30(13-15-31)21-8-10-22(33-2)11-9-21/h6-11,16-19,26H,12-15H2,1-5H3,(H,29,32)/t19-,26+/m0/s1. The Balaban J connectivity index is 1.49. The lowest BCUT2D eigenvalue weighted by atomic mass is 10.0. The number of nitrogens with one attached hydrogen (secondary N) is 1. The second-order valence-corrected chi connectivity index (χ2v) is 9.84. The van der Waals surface area contributed by atoms with E-state index in [0.717, 1.165) is 31.9 Å². The van der Waals surface area contributed by atoms with Crippen LogP contribution in [-0.4, -0.2) is 71.5 Å². The molecule has 8 nitrogen and oxygen atoms in total. The van der Waals surface area contributed by atoms with E-state index in [1.54, 1.807) is 51.9 Å². The van der Waals surface area contributed by atoms with Crippen LogP contribution in [0.3, 0.4) is 0 Å². The van der Waals surface area contributed by atoms with Crippen LogP contribution in [0.1, 0.15) is 28.2 Å². The van der Waals surface area contributed by atoms with Crippen LogP contribution in [0.4, 0.5) is 5.69 Å². The summed E-state index contributed by atoms with van der Waals surface area (Å²) in [6.45, 7) is 5.65. The summed E-state index contributed by atoms with van der Waals surface area (Å²) in [7, 11) is 6.31. The van der Waals surface area contributed by atoms with Gasteiger partial charge in [-0.25, -0.2) is 0 Å². The van der Waals surface area contributed by atoms with Gasteiger partial charge in [0, 0.05) is 48.3 Å². The number of piperazine rings is 1. The maximum Gasteiger partial charge on any atom is 0.251 e. The number of ether oxygens (including phenoxy) is 4. The fraction of sp³-hybridized carbons (Fsp3) is 0.393. The number of carbonyl (C=O) groups is 1. The van der Waals surface area contributed by atoms with E-state index < -0.39 is 0 Å². The number of rotatable bonds is 10. The van der Waals surface area contributed by atoms with Crippen LogP contribution < -0.4 is 29.2 Å². The lowest BCUT2D eigenvalue weighted by Gasteiger charge is -2.42. The molecular weight excluding hydrogens is 490 g/mol. The van der Waals surface area contributed by atoms with Crippen molar-refractivity contribution in [2.24, 2.45) is 0 Å². The number of amides is 1. The monoisotopic (exact) mass is 525 g/mol. The van der Waals surface area contributed by atoms with Crippen LogP contribution >= 0.6 is 11.3 Å². The smallest absolute Gasteiger partial charge is 0.251 e. The molecular formula is C28H35N3O5S. The number of nitrogens with zero attached hydrogens (tertiary/aromatic N) is 2. The lowest BCUT2D eigenvalue weighted by Crippen LogP contribution is -2.52. The average Bonchev–Trinajstić information content (AvgIpc) is 3.47. The molecule has 9 heteroatoms. The van der Waals surface area contributed by atoms with Gasteiger partial charge in [-0.05, 0) is 54.8 Å². The van der Waals surface area contributed by atoms with Gasteiger partial charge in [0.15, 0.2) is 11.5 Å². The molecule has 0 unspecified atom stereocenters. The third kappa shape index (κ3) is 5.94. The summed E-state index contributed by atoms with van der Waals surface area (Å²) in [6.07, 6.45) is 0. The second-order valence-electron chi connectivity index (χ2n) is 8.86. The highest BCUT2D eigenvalue weighted by atomic mass is 32.1. The van der Waals surface area contributed by atoms with Gasteiger partial charge >= 0.3 is 0 Å². The molecule has 2 aromatic carbocycles. The summed E-state index contributed by atoms with van der Waals surface area (Å²) >= 11 is 1.72. The number of methoxy groups -OCH3 is 4. The van der Waals surface area contributed by atoms with Crippen LogP contribution in [0.25, 0.3) is 0 Å². The first-order chi connectivity index (χ1) is 18.0. The van der Waals surface area contributed by atoms with Crippen molar-refractivity contribution in [1.82, 2.24) is 10.2 Å². The van der Waals surface area contributed by atoms with Gasteiger partial charge in [0.2, 0.25) is 5.75 Å². The molecule has 0 bridgehead atoms. The predicted octanol–water partition coefficient (Wildman–Crippen LogP) is 4.46. The Morgan fingerprint density at radius 2 is 1.54 bits per heavy atom. The zero-order chi connectivity index (χ0) is 26.4. The van der Waals surface area contributed by atoms with E-state index in [2.05, 4.69) is 51.7 Å². The summed E-state index contributed by atoms with van der Waals surface area (Å²) in [5.41, 5.74) is 1.65. The van der Waals surface area contributed by atoms with E-state index in [0.29, 0.717) is 22.8 Å². The van der Waals surface area contributed by atoms with Gasteiger partial charge in [-0.2, -0.15) is 0 Å². The minimum atomic E-state index is -0.190. The molecule has 2 atom stereocenters. The Kier molecular flexibility index (Phi) is 8.78. The van der Waals surface area contributed by atoms with E-state index in [1.807, 2.05) is 12.1 Å². The Morgan fingerprint density at radius 3 is 2.05 bits per heavy atom. The quantitative estimate of drug-likeness (QED) is 0.419. The van der Waals surface area contributed by atoms with Gasteiger partial charge in [-0.15, -0.1) is 11.3 Å². The van der Waals surface area contributed by atoms with E-state index in [4.69, 9.17) is 18.9 Å². The maximum atomic E-state index is 13.3. The number of anilines is 1. The zero-order valence-electron chi connectivity index (χ0n) is 22.0. The van der Waals surface area contributed by atoms with Crippen molar-refractivity contribution in [3.63, 3.8) is 0 Å². The third-order valence-corrected chi connectivity index (χ3v) is 7.68. The second kappa shape index (κ2) is 12.2. The van der Waals surface area contributed by atoms with E-state index >= 15 is 0 Å². The number of hydrogen-bond acceptors (Lipinski definition) is 8. The van der Waals surface area contributed by atoms with Crippen molar-refractivity contribution < 1.29 is 23.7 Å². The van der Waals surface area contributed by atoms with E-state index in [1.165, 1.54) is 10.6 Å². The van der Waals surface area contributed by atoms with E-state index in [-0.39, 0.29) is 18.0 Å². The largest absolute Gasteiger partial charge is 0.497 e. The molecule has 1 saturated heterocycles. The molecule has 2 heterocycles. The van der Waals surface area contributed by atoms with Crippen LogP contribution in [0.15, 0.2) is 53.9 Å². The fourth-order valence-electron chi connectivity index (χ4n) is 4.83. The molecule has 0 spiro atoms. The summed E-state index contributed by atoms with van der Waals surface area (Å²) in [4.78, 5) is 19.4. The average molecular weight is 526 g/mol. The number of carbonyl (C=O) groups excluding carboxylic acids is 1. The Hall–Kier alpha value is -3.43. The minimum Gasteiger partial charge on any atom is -0.497 e. The highest BCUT2D eigenvalue weighted by Crippen LogP contribution is 2.38. The summed E-state index contributed by atoms with van der Waals surface area (Å²) in [5, 5.41) is 5.31. The lowest BCUT2D eigenvalue weighted by molar-refractivity contribution is 0.0890. The molecule has 0 aliphatic carbocycles. The molecule has 37 heavy (non-hydrogen) atoms. The van der Waals surface area contributed by atoms with Gasteiger partial charge in [0.1, 0.15) is 5.75 Å². The van der Waals surface area contributed by atoms with Crippen LogP contribution in [-0.2, 0) is 0 Å². The predicted molar refractivity (Wildman–Crippen MR) is 147 cm³/mol. The molecule has 1 fully saturated rings. The van der Waals surface area contributed by atoms with Crippen molar-refractivity contribution >= 4 is 22.9 Å². The van der Waals surface area contributed by atoms with Crippen LogP contribution in [0, 0.1) is 0 Å². The van der Waals surface area contributed by atoms with E-state index in [9.17, 15) is 4.79 Å². The highest BCUT2D eigenvalue weighted by molar-refractivity contribution is 7.10. The summed E-state index contributed by atoms with van der Waals surface area (Å²) in [5.74, 6) is 2.02. The Morgan fingerprint density at radius 1 is 0.892 bits per heavy atom. The SMILES string of the molecule is COc1ccc(N2CCN([C@@H](c3cccs3)[C@H](C)NC(=O)c3cc(OC)c(OC)c(OC)c3)CC2)cc1. The van der Waals surface area contributed by atoms with Gasteiger partial charge in [0.05, 0.1) is 34.5 Å². The van der Waals surface area contributed by atoms with Crippen LogP contribution in [0.5, 0.6) is 23.0 Å². The molecule has 1 amide bonds. The molecule has 1 aliphatic heterocycles. The van der Waals surface area contributed by atoms with Gasteiger partial charge in [-0.1, -0.05) is 6.07 Å². The van der Waals surface area contributed by atoms with Crippen molar-refractivity contribution in [3.05, 3.63) is 64.4 Å². The molecule has 4 rings (SSSR count). The molecule has 1 aromatic heterocycles. The summed E-state index contributed by atoms with van der Waals surface area (Å²) < 4.78 is 21.6. The van der Waals surface area contributed by atoms with Crippen molar-refractivity contribution in [2.75, 3.05) is 59.5 Å². The van der Waals surface area contributed by atoms with Gasteiger partial charge in [0.25, 0.3) is 5.91 Å². The topological polar surface area (TPSA) is 72.5 Å². The van der Waals surface area contributed by atoms with Crippen molar-refractivity contribution in [1.29, 1.82) is 0 Å². The first kappa shape index (κ1) is 26.6. The van der Waals surface area contributed by atoms with Gasteiger partial charge < -0.3 is 29.2 Å². The minimum absolute atomic E-state index is 0.0593. The molecule has 0 radical (unpaired) electrons. The highest BCUT2D eigenvalue weighted by Gasteiger charge is 2.31. The molecule has 0 saturated carbocycles. The fourth-order valence-corrected chi connectivity index (χ4v) is 5.80. The number of benzene rings is 2. The van der Waals surface area contributed by atoms with Gasteiger partial charge in [-0.3, -0.25) is 9.69 Å². The Labute approximate surface area is 222 Å². The molecule has 1 N–H and O–H groups in total. The normalized spacial score (nSPS) is 15.5. The summed E-state index contributed by atoms with van der Waals surface area (Å²) in [6, 6.07) is 15.7. The number of thiophene rings is 1. The molecule has 3 aromatic rings. The van der Waals surface area contributed by atoms with Crippen molar-refractivity contribution in [2.45, 2.75) is 19.0 Å². The zero-order valence-corrected chi connectivity index (χ0v) is 22.8. The molecule has 1 aliphatic rings. The number of hydrogen-bond donors (Lipinski definition) is 1. The molecule has 198 valence electrons.